The van der Waals surface area contributed by atoms with Crippen molar-refractivity contribution in [2.45, 2.75) is 51.5 Å². The molecule has 5 heteroatoms. The predicted octanol–water partition coefficient (Wildman–Crippen LogP) is 4.03. The lowest BCUT2D eigenvalue weighted by atomic mass is 9.89. The molecule has 2 aromatic rings. The average Bonchev–Trinajstić information content (AvgIpc) is 3.45. The Morgan fingerprint density at radius 2 is 2.10 bits per heavy atom. The fourth-order valence-corrected chi connectivity index (χ4v) is 4.17. The van der Waals surface area contributed by atoms with Gasteiger partial charge in [-0.25, -0.2) is 0 Å². The molecule has 2 N–H and O–H groups in total. The van der Waals surface area contributed by atoms with E-state index in [-0.39, 0.29) is 6.04 Å². The van der Waals surface area contributed by atoms with Gasteiger partial charge in [-0.3, -0.25) is 4.99 Å². The van der Waals surface area contributed by atoms with Gasteiger partial charge in [-0.15, -0.1) is 0 Å². The summed E-state index contributed by atoms with van der Waals surface area (Å²) < 4.78 is 10.9. The molecule has 156 valence electrons. The summed E-state index contributed by atoms with van der Waals surface area (Å²) in [6.07, 6.45) is 8.73. The number of hydrogen-bond donors (Lipinski definition) is 2. The highest BCUT2D eigenvalue weighted by atomic mass is 16.5. The largest absolute Gasteiger partial charge is 0.469 e. The van der Waals surface area contributed by atoms with Crippen molar-refractivity contribution in [3.8, 4) is 0 Å². The molecule has 0 amide bonds. The highest BCUT2D eigenvalue weighted by Crippen LogP contribution is 2.24. The first-order chi connectivity index (χ1) is 14.3. The third-order valence-corrected chi connectivity index (χ3v) is 6.00. The molecule has 1 saturated heterocycles. The van der Waals surface area contributed by atoms with Gasteiger partial charge >= 0.3 is 0 Å². The molecule has 0 radical (unpaired) electrons. The van der Waals surface area contributed by atoms with Crippen molar-refractivity contribution >= 4 is 5.96 Å². The van der Waals surface area contributed by atoms with Crippen molar-refractivity contribution in [1.82, 2.24) is 10.6 Å². The number of aliphatic imine (C=N–C) groups is 1. The summed E-state index contributed by atoms with van der Waals surface area (Å²) in [5, 5.41) is 7.09. The Labute approximate surface area is 173 Å². The van der Waals surface area contributed by atoms with Gasteiger partial charge in [-0.1, -0.05) is 18.2 Å². The lowest BCUT2D eigenvalue weighted by molar-refractivity contribution is 0.187. The number of nitrogens with one attached hydrogen (secondary N) is 2. The summed E-state index contributed by atoms with van der Waals surface area (Å²) >= 11 is 0. The van der Waals surface area contributed by atoms with Gasteiger partial charge in [-0.2, -0.15) is 0 Å². The molecule has 1 aromatic carbocycles. The Morgan fingerprint density at radius 1 is 1.21 bits per heavy atom. The number of benzene rings is 1. The molecule has 29 heavy (non-hydrogen) atoms. The zero-order valence-electron chi connectivity index (χ0n) is 17.5. The molecule has 1 fully saturated rings. The minimum absolute atomic E-state index is 0.205. The van der Waals surface area contributed by atoms with E-state index < -0.39 is 0 Å². The molecular formula is C24H33N3O2. The van der Waals surface area contributed by atoms with Crippen LogP contribution < -0.4 is 10.6 Å². The average molecular weight is 396 g/mol. The van der Waals surface area contributed by atoms with E-state index in [0.717, 1.165) is 50.9 Å². The minimum atomic E-state index is 0.205. The summed E-state index contributed by atoms with van der Waals surface area (Å²) in [5.74, 6) is 2.38. The number of ether oxygens (including phenoxy) is 1. The maximum absolute atomic E-state index is 5.50. The van der Waals surface area contributed by atoms with Gasteiger partial charge < -0.3 is 19.8 Å². The molecule has 2 atom stereocenters. The summed E-state index contributed by atoms with van der Waals surface area (Å²) in [4.78, 5) is 4.86. The summed E-state index contributed by atoms with van der Waals surface area (Å²) in [7, 11) is 0. The Balaban J connectivity index is 1.39. The van der Waals surface area contributed by atoms with Crippen molar-refractivity contribution in [3.05, 3.63) is 59.0 Å². The number of nitrogens with zero attached hydrogens (tertiary/aromatic N) is 1. The number of fused-ring (bicyclic) bond motifs is 1. The van der Waals surface area contributed by atoms with E-state index in [4.69, 9.17) is 14.1 Å². The number of furan rings is 1. The topological polar surface area (TPSA) is 58.8 Å². The molecule has 4 rings (SSSR count). The van der Waals surface area contributed by atoms with Gasteiger partial charge in [-0.05, 0) is 67.9 Å². The van der Waals surface area contributed by atoms with Gasteiger partial charge in [0, 0.05) is 32.0 Å². The van der Waals surface area contributed by atoms with E-state index in [9.17, 15) is 0 Å². The molecule has 2 heterocycles. The third kappa shape index (κ3) is 5.63. The van der Waals surface area contributed by atoms with Gasteiger partial charge in [0.05, 0.1) is 18.9 Å². The van der Waals surface area contributed by atoms with Crippen LogP contribution in [0.1, 0.15) is 54.7 Å². The van der Waals surface area contributed by atoms with Crippen LogP contribution >= 0.6 is 0 Å². The Kier molecular flexibility index (Phi) is 6.88. The molecule has 1 aromatic heterocycles. The highest BCUT2D eigenvalue weighted by Gasteiger charge is 2.17. The number of guanidine groups is 1. The fraction of sp³-hybridized carbons (Fsp3) is 0.542. The lowest BCUT2D eigenvalue weighted by Crippen LogP contribution is -2.40. The number of hydrogen-bond acceptors (Lipinski definition) is 3. The van der Waals surface area contributed by atoms with E-state index in [1.165, 1.54) is 42.4 Å². The number of rotatable bonds is 7. The van der Waals surface area contributed by atoms with E-state index in [1.807, 2.05) is 12.1 Å². The Morgan fingerprint density at radius 3 is 2.90 bits per heavy atom. The van der Waals surface area contributed by atoms with Crippen LogP contribution in [-0.2, 0) is 24.0 Å². The molecule has 0 saturated carbocycles. The summed E-state index contributed by atoms with van der Waals surface area (Å²) in [5.41, 5.74) is 4.38. The SMILES string of the molecule is CC(NC(=NCC1CCOC1)NCCc1ccco1)c1ccc2c(c1)CCCC2. The lowest BCUT2D eigenvalue weighted by Gasteiger charge is -2.22. The Hall–Kier alpha value is -2.27. The highest BCUT2D eigenvalue weighted by molar-refractivity contribution is 5.80. The second-order valence-corrected chi connectivity index (χ2v) is 8.28. The first-order valence-corrected chi connectivity index (χ1v) is 11.0. The standard InChI is InChI=1S/C24H33N3O2/c1-18(21-9-8-20-5-2-3-6-22(20)15-21)27-24(26-16-19-11-14-28-17-19)25-12-10-23-7-4-13-29-23/h4,7-9,13,15,18-19H,2-3,5-6,10-12,14,16-17H2,1H3,(H2,25,26,27). The maximum Gasteiger partial charge on any atom is 0.191 e. The molecule has 0 bridgehead atoms. The smallest absolute Gasteiger partial charge is 0.191 e. The second-order valence-electron chi connectivity index (χ2n) is 8.28. The Bertz CT molecular complexity index is 794. The van der Waals surface area contributed by atoms with Crippen LogP contribution in [0.5, 0.6) is 0 Å². The molecule has 5 nitrogen and oxygen atoms in total. The molecule has 2 aliphatic rings. The van der Waals surface area contributed by atoms with E-state index in [1.54, 1.807) is 6.26 Å². The first kappa shape index (κ1) is 20.0. The third-order valence-electron chi connectivity index (χ3n) is 6.00. The van der Waals surface area contributed by atoms with Gasteiger partial charge in [0.2, 0.25) is 0 Å². The van der Waals surface area contributed by atoms with Gasteiger partial charge in [0.1, 0.15) is 5.76 Å². The van der Waals surface area contributed by atoms with Crippen molar-refractivity contribution < 1.29 is 9.15 Å². The fourth-order valence-electron chi connectivity index (χ4n) is 4.17. The second kappa shape index (κ2) is 9.97. The van der Waals surface area contributed by atoms with Crippen molar-refractivity contribution in [2.75, 3.05) is 26.3 Å². The summed E-state index contributed by atoms with van der Waals surface area (Å²) in [6, 6.07) is 11.1. The molecule has 1 aliphatic carbocycles. The zero-order valence-corrected chi connectivity index (χ0v) is 17.5. The first-order valence-electron chi connectivity index (χ1n) is 11.0. The molecular weight excluding hydrogens is 362 g/mol. The van der Waals surface area contributed by atoms with E-state index in [2.05, 4.69) is 35.8 Å². The van der Waals surface area contributed by atoms with Crippen molar-refractivity contribution in [1.29, 1.82) is 0 Å². The normalized spacial score (nSPS) is 20.3. The van der Waals surface area contributed by atoms with Crippen LogP contribution in [-0.4, -0.2) is 32.3 Å². The zero-order chi connectivity index (χ0) is 19.9. The van der Waals surface area contributed by atoms with E-state index >= 15 is 0 Å². The van der Waals surface area contributed by atoms with Crippen LogP contribution in [0, 0.1) is 5.92 Å². The predicted molar refractivity (Wildman–Crippen MR) is 116 cm³/mol. The van der Waals surface area contributed by atoms with Gasteiger partial charge in [0.25, 0.3) is 0 Å². The molecule has 0 spiro atoms. The van der Waals surface area contributed by atoms with E-state index in [0.29, 0.717) is 5.92 Å². The van der Waals surface area contributed by atoms with Gasteiger partial charge in [0.15, 0.2) is 5.96 Å². The minimum Gasteiger partial charge on any atom is -0.469 e. The van der Waals surface area contributed by atoms with Crippen LogP contribution in [0.3, 0.4) is 0 Å². The van der Waals surface area contributed by atoms with Crippen LogP contribution in [0.15, 0.2) is 46.0 Å². The summed E-state index contributed by atoms with van der Waals surface area (Å²) in [6.45, 7) is 5.49. The van der Waals surface area contributed by atoms with Crippen LogP contribution in [0.25, 0.3) is 0 Å². The van der Waals surface area contributed by atoms with Crippen molar-refractivity contribution in [3.63, 3.8) is 0 Å². The number of aryl methyl sites for hydroxylation is 2. The maximum atomic E-state index is 5.50. The quantitative estimate of drug-likeness (QED) is 0.549. The molecule has 2 unspecified atom stereocenters. The monoisotopic (exact) mass is 395 g/mol. The van der Waals surface area contributed by atoms with Crippen molar-refractivity contribution in [2.24, 2.45) is 10.9 Å². The van der Waals surface area contributed by atoms with Crippen LogP contribution in [0.4, 0.5) is 0 Å². The van der Waals surface area contributed by atoms with Crippen LogP contribution in [0.2, 0.25) is 0 Å². The molecule has 1 aliphatic heterocycles.